The number of likely N-dealkylation sites (tertiary alicyclic amines) is 1. The second-order valence-electron chi connectivity index (χ2n) is 16.3. The minimum atomic E-state index is -0.395. The first-order valence-corrected chi connectivity index (χ1v) is 20.6. The molecule has 294 valence electrons. The van der Waals surface area contributed by atoms with Crippen molar-refractivity contribution in [3.8, 4) is 12.1 Å². The predicted octanol–water partition coefficient (Wildman–Crippen LogP) is 6.45. The van der Waals surface area contributed by atoms with Crippen LogP contribution in [0.3, 0.4) is 0 Å². The Morgan fingerprint density at radius 3 is 2.62 bits per heavy atom. The molecule has 5 aliphatic rings. The average molecular weight is 760 g/mol. The molecule has 9 rings (SSSR count). The monoisotopic (exact) mass is 759 g/mol. The largest absolute Gasteiger partial charge is 0.461 e. The molecule has 1 aliphatic carbocycles. The maximum Gasteiger partial charge on any atom is 0.410 e. The molecule has 1 saturated carbocycles. The van der Waals surface area contributed by atoms with Crippen molar-refractivity contribution in [1.82, 2.24) is 29.5 Å². The van der Waals surface area contributed by atoms with E-state index < -0.39 is 6.09 Å². The molecule has 4 aromatic rings. The summed E-state index contributed by atoms with van der Waals surface area (Å²) in [6.45, 7) is 11.0. The fourth-order valence-electron chi connectivity index (χ4n) is 9.32. The molecule has 4 fully saturated rings. The number of carbonyl (C=O) groups excluding carboxylic acids is 1. The zero-order valence-electron chi connectivity index (χ0n) is 32.8. The number of nitriles is 1. The lowest BCUT2D eigenvalue weighted by molar-refractivity contribution is -0.0366. The van der Waals surface area contributed by atoms with Crippen LogP contribution in [0, 0.1) is 25.2 Å². The van der Waals surface area contributed by atoms with Crippen molar-refractivity contribution in [2.45, 2.75) is 103 Å². The number of hydrogen-bond acceptors (Lipinski definition) is 11. The van der Waals surface area contributed by atoms with Crippen molar-refractivity contribution in [2.75, 3.05) is 62.3 Å². The van der Waals surface area contributed by atoms with E-state index in [4.69, 9.17) is 29.3 Å². The molecular weight excluding hydrogens is 707 g/mol. The first-order valence-electron chi connectivity index (χ1n) is 20.6. The van der Waals surface area contributed by atoms with Gasteiger partial charge < -0.3 is 28.9 Å². The minimum Gasteiger partial charge on any atom is -0.461 e. The Bertz CT molecular complexity index is 2100. The van der Waals surface area contributed by atoms with Gasteiger partial charge in [0, 0.05) is 43.7 Å². The molecular formula is C43H53N9O4. The van der Waals surface area contributed by atoms with Gasteiger partial charge in [-0.1, -0.05) is 30.3 Å². The van der Waals surface area contributed by atoms with Crippen LogP contribution >= 0.6 is 0 Å². The second-order valence-corrected chi connectivity index (χ2v) is 16.3. The number of benzene rings is 2. The molecule has 1 unspecified atom stereocenters. The summed E-state index contributed by atoms with van der Waals surface area (Å²) in [7, 11) is 0. The fraction of sp³-hybridized carbons (Fsp3) is 0.558. The highest BCUT2D eigenvalue weighted by atomic mass is 16.6. The Morgan fingerprint density at radius 1 is 1.02 bits per heavy atom. The van der Waals surface area contributed by atoms with Gasteiger partial charge in [0.1, 0.15) is 19.0 Å². The summed E-state index contributed by atoms with van der Waals surface area (Å²) in [5, 5.41) is 15.9. The number of anilines is 2. The van der Waals surface area contributed by atoms with Crippen LogP contribution in [0.15, 0.2) is 42.6 Å². The molecule has 0 radical (unpaired) electrons. The van der Waals surface area contributed by atoms with E-state index in [1.54, 1.807) is 4.90 Å². The van der Waals surface area contributed by atoms with Crippen molar-refractivity contribution >= 4 is 28.5 Å². The van der Waals surface area contributed by atoms with E-state index in [1.807, 2.05) is 36.5 Å². The van der Waals surface area contributed by atoms with Gasteiger partial charge in [-0.2, -0.15) is 20.3 Å². The number of carbonyl (C=O) groups is 1. The van der Waals surface area contributed by atoms with Gasteiger partial charge in [-0.15, -0.1) is 0 Å². The van der Waals surface area contributed by atoms with Crippen LogP contribution in [0.2, 0.25) is 0 Å². The smallest absolute Gasteiger partial charge is 0.410 e. The zero-order valence-corrected chi connectivity index (χ0v) is 32.8. The molecule has 2 atom stereocenters. The van der Waals surface area contributed by atoms with Gasteiger partial charge in [-0.25, -0.2) is 9.48 Å². The number of aryl methyl sites for hydroxylation is 1. The number of hydrogen-bond donors (Lipinski definition) is 0. The molecule has 1 amide bonds. The molecule has 2 aromatic heterocycles. The summed E-state index contributed by atoms with van der Waals surface area (Å²) in [6.07, 6.45) is 10.5. The van der Waals surface area contributed by atoms with E-state index in [-0.39, 0.29) is 30.8 Å². The van der Waals surface area contributed by atoms with Gasteiger partial charge in [-0.05, 0) is 101 Å². The van der Waals surface area contributed by atoms with Gasteiger partial charge in [0.2, 0.25) is 0 Å². The zero-order chi connectivity index (χ0) is 38.2. The third kappa shape index (κ3) is 7.13. The van der Waals surface area contributed by atoms with E-state index in [9.17, 15) is 10.1 Å². The van der Waals surface area contributed by atoms with Crippen LogP contribution in [0.4, 0.5) is 16.3 Å². The third-order valence-corrected chi connectivity index (χ3v) is 12.8. The highest BCUT2D eigenvalue weighted by molar-refractivity contribution is 5.95. The maximum atomic E-state index is 13.4. The normalized spacial score (nSPS) is 22.2. The van der Waals surface area contributed by atoms with Gasteiger partial charge in [0.25, 0.3) is 0 Å². The van der Waals surface area contributed by atoms with Gasteiger partial charge >= 0.3 is 12.1 Å². The first-order chi connectivity index (χ1) is 27.4. The van der Waals surface area contributed by atoms with E-state index in [2.05, 4.69) is 45.4 Å². The van der Waals surface area contributed by atoms with Crippen LogP contribution < -0.4 is 14.5 Å². The number of aromatic nitrogens is 4. The number of fused-ring (bicyclic) bond motifs is 2. The molecule has 0 spiro atoms. The molecule has 3 saturated heterocycles. The summed E-state index contributed by atoms with van der Waals surface area (Å²) >= 11 is 0. The Morgan fingerprint density at radius 2 is 1.86 bits per heavy atom. The fourth-order valence-corrected chi connectivity index (χ4v) is 9.32. The Kier molecular flexibility index (Phi) is 10.2. The van der Waals surface area contributed by atoms with Gasteiger partial charge in [0.05, 0.1) is 53.7 Å². The summed E-state index contributed by atoms with van der Waals surface area (Å²) in [5.74, 6) is 0.851. The van der Waals surface area contributed by atoms with E-state index in [1.165, 1.54) is 29.7 Å². The highest BCUT2D eigenvalue weighted by Crippen LogP contribution is 2.44. The van der Waals surface area contributed by atoms with Crippen LogP contribution in [0.1, 0.15) is 85.5 Å². The number of amides is 1. The SMILES string of the molecule is Cc1cc2c(cnn2C2CCCCO2)c(N2CCc3c(nc(OCC4(N5CCCC5)CC4)nc3N3CCN(C(=O)OCc4ccccc4)[C@@H](CC#N)C3)C2)c1C. The Balaban J connectivity index is 1.01. The molecule has 0 N–H and O–H groups in total. The minimum absolute atomic E-state index is 0.0420. The second kappa shape index (κ2) is 15.5. The first kappa shape index (κ1) is 36.7. The molecule has 56 heavy (non-hydrogen) atoms. The van der Waals surface area contributed by atoms with Crippen molar-refractivity contribution in [1.29, 1.82) is 5.26 Å². The standard InChI is InChI=1S/C43H53N9O4/c1-30-24-37-35(25-45-52(37)38-12-6-9-23-54-38)39(31(30)2)48-20-14-34-36(27-48)46-41(56-29-43(15-16-43)50-18-7-8-19-50)47-40(34)49-21-22-51(33(26-49)13-17-44)42(53)55-28-32-10-4-3-5-11-32/h3-5,10-11,24-25,33,38H,6-9,12-16,18-23,26-29H2,1-2H3/t33-,38?/m0/s1. The van der Waals surface area contributed by atoms with Gasteiger partial charge in [-0.3, -0.25) is 4.90 Å². The molecule has 6 heterocycles. The molecule has 13 nitrogen and oxygen atoms in total. The van der Waals surface area contributed by atoms with Crippen LogP contribution in [-0.4, -0.2) is 99.7 Å². The Hall–Kier alpha value is -4.93. The molecule has 4 aliphatic heterocycles. The summed E-state index contributed by atoms with van der Waals surface area (Å²) in [4.78, 5) is 32.7. The van der Waals surface area contributed by atoms with E-state index in [0.29, 0.717) is 38.8 Å². The van der Waals surface area contributed by atoms with E-state index in [0.717, 1.165) is 98.3 Å². The lowest BCUT2D eigenvalue weighted by atomic mass is 9.99. The molecule has 2 aromatic carbocycles. The van der Waals surface area contributed by atoms with Crippen molar-refractivity contribution in [2.24, 2.45) is 0 Å². The molecule has 13 heteroatoms. The van der Waals surface area contributed by atoms with Crippen LogP contribution in [0.25, 0.3) is 10.9 Å². The summed E-state index contributed by atoms with van der Waals surface area (Å²) < 4.78 is 20.6. The average Bonchev–Trinajstić information content (AvgIpc) is 3.58. The topological polar surface area (TPSA) is 125 Å². The van der Waals surface area contributed by atoms with Crippen LogP contribution in [0.5, 0.6) is 6.01 Å². The number of rotatable bonds is 10. The van der Waals surface area contributed by atoms with Crippen molar-refractivity contribution < 1.29 is 19.0 Å². The van der Waals surface area contributed by atoms with Crippen LogP contribution in [-0.2, 0) is 29.0 Å². The van der Waals surface area contributed by atoms with Crippen molar-refractivity contribution in [3.05, 3.63) is 70.5 Å². The highest BCUT2D eigenvalue weighted by Gasteiger charge is 2.49. The third-order valence-electron chi connectivity index (χ3n) is 12.8. The number of nitrogens with zero attached hydrogens (tertiary/aromatic N) is 9. The summed E-state index contributed by atoms with van der Waals surface area (Å²) in [6, 6.07) is 14.3. The van der Waals surface area contributed by atoms with E-state index >= 15 is 0 Å². The molecule has 0 bridgehead atoms. The Labute approximate surface area is 329 Å². The number of ether oxygens (including phenoxy) is 3. The number of piperazine rings is 1. The quantitative estimate of drug-likeness (QED) is 0.177. The maximum absolute atomic E-state index is 13.4. The van der Waals surface area contributed by atoms with Crippen molar-refractivity contribution in [3.63, 3.8) is 0 Å². The lowest BCUT2D eigenvalue weighted by Gasteiger charge is -2.42. The van der Waals surface area contributed by atoms with Gasteiger partial charge in [0.15, 0.2) is 6.23 Å². The summed E-state index contributed by atoms with van der Waals surface area (Å²) in [5.41, 5.74) is 7.84. The lowest BCUT2D eigenvalue weighted by Crippen LogP contribution is -2.55. The predicted molar refractivity (Wildman–Crippen MR) is 213 cm³/mol.